The van der Waals surface area contributed by atoms with E-state index in [1.807, 2.05) is 37.3 Å². The van der Waals surface area contributed by atoms with Gasteiger partial charge in [0.25, 0.3) is 0 Å². The molecule has 1 saturated heterocycles. The molecule has 4 rings (SSSR count). The number of hydrogen-bond donors (Lipinski definition) is 4. The van der Waals surface area contributed by atoms with Crippen molar-refractivity contribution in [3.05, 3.63) is 94.0 Å². The van der Waals surface area contributed by atoms with Crippen LogP contribution < -0.4 is 15.2 Å². The number of rotatable bonds is 9. The van der Waals surface area contributed by atoms with Crippen LogP contribution in [0.4, 0.5) is 0 Å². The van der Waals surface area contributed by atoms with Crippen LogP contribution >= 0.6 is 11.6 Å². The average Bonchev–Trinajstić information content (AvgIpc) is 2.90. The topological polar surface area (TPSA) is 131 Å². The zero-order valence-corrected chi connectivity index (χ0v) is 21.0. The molecule has 0 saturated carbocycles. The summed E-state index contributed by atoms with van der Waals surface area (Å²) in [7, 11) is 0. The molecule has 3 aromatic rings. The molecule has 1 aliphatic heterocycles. The Morgan fingerprint density at radius 1 is 0.919 bits per heavy atom. The van der Waals surface area contributed by atoms with Crippen LogP contribution in [0.5, 0.6) is 11.5 Å². The highest BCUT2D eigenvalue weighted by Crippen LogP contribution is 2.35. The zero-order valence-electron chi connectivity index (χ0n) is 20.3. The van der Waals surface area contributed by atoms with E-state index in [1.54, 1.807) is 24.3 Å². The number of carbonyl (C=O) groups excluding carboxylic acids is 1. The van der Waals surface area contributed by atoms with Crippen molar-refractivity contribution in [2.24, 2.45) is 5.73 Å². The molecule has 1 fully saturated rings. The first-order chi connectivity index (χ1) is 17.8. The Hall–Kier alpha value is -3.14. The molecule has 1 heterocycles. The van der Waals surface area contributed by atoms with Crippen LogP contribution in [-0.4, -0.2) is 58.9 Å². The molecule has 3 aromatic carbocycles. The van der Waals surface area contributed by atoms with Gasteiger partial charge in [0.15, 0.2) is 0 Å². The SMILES string of the molecule is CCOc1ccc(Cc2cc([C@@H]3O[C@H](COc4ccc(C(N)=O)cc4)[C@@H](O)[C@H](O)[C@H]3O)ccc2Cl)cc1. The van der Waals surface area contributed by atoms with Crippen LogP contribution in [0.2, 0.25) is 5.02 Å². The summed E-state index contributed by atoms with van der Waals surface area (Å²) in [6.45, 7) is 2.42. The highest BCUT2D eigenvalue weighted by atomic mass is 35.5. The Morgan fingerprint density at radius 2 is 1.57 bits per heavy atom. The number of carbonyl (C=O) groups is 1. The van der Waals surface area contributed by atoms with Crippen LogP contribution in [-0.2, 0) is 11.2 Å². The van der Waals surface area contributed by atoms with Crippen LogP contribution in [0.3, 0.4) is 0 Å². The van der Waals surface area contributed by atoms with Crippen LogP contribution in [0.1, 0.15) is 40.1 Å². The van der Waals surface area contributed by atoms with Crippen molar-refractivity contribution >= 4 is 17.5 Å². The van der Waals surface area contributed by atoms with E-state index in [-0.39, 0.29) is 6.61 Å². The molecular weight excluding hydrogens is 498 g/mol. The standard InChI is InChI=1S/C28H30ClNO7/c1-2-35-20-8-3-16(4-9-20)13-19-14-18(7-12-22(19)29)27-26(33)25(32)24(31)23(37-27)15-36-21-10-5-17(6-11-21)28(30)34/h3-12,14,23-27,31-33H,2,13,15H2,1H3,(H2,30,34)/t23-,24-,25+,26-,27+/m1/s1. The third kappa shape index (κ3) is 6.41. The van der Waals surface area contributed by atoms with Gasteiger partial charge < -0.3 is 35.3 Å². The first-order valence-electron chi connectivity index (χ1n) is 12.0. The first kappa shape index (κ1) is 26.9. The second-order valence-electron chi connectivity index (χ2n) is 8.87. The zero-order chi connectivity index (χ0) is 26.5. The Labute approximate surface area is 220 Å². The van der Waals surface area contributed by atoms with Crippen molar-refractivity contribution in [3.8, 4) is 11.5 Å². The van der Waals surface area contributed by atoms with Gasteiger partial charge in [0, 0.05) is 10.6 Å². The normalized spacial score (nSPS) is 23.4. The summed E-state index contributed by atoms with van der Waals surface area (Å²) in [6.07, 6.45) is -5.48. The molecule has 0 bridgehead atoms. The van der Waals surface area contributed by atoms with Crippen LogP contribution in [0.15, 0.2) is 66.7 Å². The summed E-state index contributed by atoms with van der Waals surface area (Å²) in [5.74, 6) is 0.666. The number of ether oxygens (including phenoxy) is 3. The van der Waals surface area contributed by atoms with Gasteiger partial charge in [-0.3, -0.25) is 4.79 Å². The second kappa shape index (κ2) is 11.9. The van der Waals surface area contributed by atoms with E-state index in [4.69, 9.17) is 31.5 Å². The summed E-state index contributed by atoms with van der Waals surface area (Å²) < 4.78 is 17.2. The molecule has 196 valence electrons. The predicted octanol–water partition coefficient (Wildman–Crippen LogP) is 3.03. The lowest BCUT2D eigenvalue weighted by Gasteiger charge is -2.40. The van der Waals surface area contributed by atoms with E-state index in [2.05, 4.69) is 0 Å². The summed E-state index contributed by atoms with van der Waals surface area (Å²) >= 11 is 6.46. The molecule has 0 unspecified atom stereocenters. The molecule has 0 aliphatic carbocycles. The monoisotopic (exact) mass is 527 g/mol. The maximum Gasteiger partial charge on any atom is 0.248 e. The van der Waals surface area contributed by atoms with Crippen molar-refractivity contribution < 1.29 is 34.3 Å². The molecule has 9 heteroatoms. The van der Waals surface area contributed by atoms with Gasteiger partial charge >= 0.3 is 0 Å². The largest absolute Gasteiger partial charge is 0.494 e. The summed E-state index contributed by atoms with van der Waals surface area (Å²) in [4.78, 5) is 11.2. The lowest BCUT2D eigenvalue weighted by Crippen LogP contribution is -2.55. The number of halogens is 1. The maximum absolute atomic E-state index is 11.2. The quantitative estimate of drug-likeness (QED) is 0.336. The third-order valence-electron chi connectivity index (χ3n) is 6.29. The van der Waals surface area contributed by atoms with Crippen LogP contribution in [0.25, 0.3) is 0 Å². The number of benzene rings is 3. The number of hydrogen-bond acceptors (Lipinski definition) is 7. The van der Waals surface area contributed by atoms with E-state index >= 15 is 0 Å². The molecule has 1 aliphatic rings. The molecule has 5 N–H and O–H groups in total. The smallest absolute Gasteiger partial charge is 0.248 e. The van der Waals surface area contributed by atoms with E-state index in [9.17, 15) is 20.1 Å². The van der Waals surface area contributed by atoms with Crippen LogP contribution in [0, 0.1) is 0 Å². The number of amides is 1. The summed E-state index contributed by atoms with van der Waals surface area (Å²) in [5, 5.41) is 32.3. The van der Waals surface area contributed by atoms with Gasteiger partial charge in [-0.1, -0.05) is 35.9 Å². The van der Waals surface area contributed by atoms with Crippen molar-refractivity contribution in [2.75, 3.05) is 13.2 Å². The fraction of sp³-hybridized carbons (Fsp3) is 0.321. The van der Waals surface area contributed by atoms with E-state index < -0.39 is 36.4 Å². The lowest BCUT2D eigenvalue weighted by atomic mass is 9.90. The maximum atomic E-state index is 11.2. The lowest BCUT2D eigenvalue weighted by molar-refractivity contribution is -0.230. The second-order valence-corrected chi connectivity index (χ2v) is 9.28. The molecule has 5 atom stereocenters. The summed E-state index contributed by atoms with van der Waals surface area (Å²) in [6, 6.07) is 19.2. The highest BCUT2D eigenvalue weighted by Gasteiger charge is 2.44. The van der Waals surface area contributed by atoms with E-state index in [0.717, 1.165) is 16.9 Å². The molecule has 0 spiro atoms. The first-order valence-corrected chi connectivity index (χ1v) is 12.4. The van der Waals surface area contributed by atoms with Gasteiger partial charge in [-0.15, -0.1) is 0 Å². The van der Waals surface area contributed by atoms with E-state index in [0.29, 0.717) is 34.9 Å². The molecule has 0 aromatic heterocycles. The predicted molar refractivity (Wildman–Crippen MR) is 138 cm³/mol. The van der Waals surface area contributed by atoms with Gasteiger partial charge in [0.05, 0.1) is 6.61 Å². The van der Waals surface area contributed by atoms with Gasteiger partial charge in [0.1, 0.15) is 48.6 Å². The molecule has 0 radical (unpaired) electrons. The number of nitrogens with two attached hydrogens (primary N) is 1. The number of aliphatic hydroxyl groups excluding tert-OH is 3. The van der Waals surface area contributed by atoms with Gasteiger partial charge in [0.2, 0.25) is 5.91 Å². The van der Waals surface area contributed by atoms with Crippen molar-refractivity contribution in [3.63, 3.8) is 0 Å². The molecular formula is C28H30ClNO7. The molecule has 37 heavy (non-hydrogen) atoms. The van der Waals surface area contributed by atoms with Crippen molar-refractivity contribution in [1.29, 1.82) is 0 Å². The van der Waals surface area contributed by atoms with E-state index in [1.165, 1.54) is 12.1 Å². The van der Waals surface area contributed by atoms with Crippen molar-refractivity contribution in [2.45, 2.75) is 43.9 Å². The Balaban J connectivity index is 1.48. The minimum Gasteiger partial charge on any atom is -0.494 e. The highest BCUT2D eigenvalue weighted by molar-refractivity contribution is 6.31. The van der Waals surface area contributed by atoms with Gasteiger partial charge in [-0.05, 0) is 72.5 Å². The fourth-order valence-electron chi connectivity index (χ4n) is 4.25. The number of aliphatic hydroxyl groups is 3. The Morgan fingerprint density at radius 3 is 2.22 bits per heavy atom. The van der Waals surface area contributed by atoms with Crippen molar-refractivity contribution in [1.82, 2.24) is 0 Å². The Bertz CT molecular complexity index is 1200. The van der Waals surface area contributed by atoms with Gasteiger partial charge in [-0.2, -0.15) is 0 Å². The Kier molecular flexibility index (Phi) is 8.68. The number of primary amides is 1. The minimum atomic E-state index is -1.45. The fourth-order valence-corrected chi connectivity index (χ4v) is 4.44. The molecule has 1 amide bonds. The summed E-state index contributed by atoms with van der Waals surface area (Å²) in [5.41, 5.74) is 8.05. The molecule has 8 nitrogen and oxygen atoms in total. The minimum absolute atomic E-state index is 0.0933. The third-order valence-corrected chi connectivity index (χ3v) is 6.66. The average molecular weight is 528 g/mol. The van der Waals surface area contributed by atoms with Gasteiger partial charge in [-0.25, -0.2) is 0 Å².